The van der Waals surface area contributed by atoms with Crippen LogP contribution >= 0.6 is 11.3 Å². The van der Waals surface area contributed by atoms with Crippen molar-refractivity contribution in [2.75, 3.05) is 11.1 Å². The van der Waals surface area contributed by atoms with Crippen LogP contribution < -0.4 is 11.1 Å². The van der Waals surface area contributed by atoms with Crippen molar-refractivity contribution in [3.8, 4) is 0 Å². The van der Waals surface area contributed by atoms with Gasteiger partial charge in [-0.1, -0.05) is 17.4 Å². The number of anilines is 2. The third-order valence-corrected chi connectivity index (χ3v) is 2.84. The number of halogens is 2. The minimum absolute atomic E-state index is 0.0813. The Hall–Kier alpha value is -2.09. The summed E-state index contributed by atoms with van der Waals surface area (Å²) in [6.07, 6.45) is 0. The van der Waals surface area contributed by atoms with Crippen molar-refractivity contribution >= 4 is 27.5 Å². The minimum atomic E-state index is -0.937. The predicted octanol–water partition coefficient (Wildman–Crippen LogP) is 1.96. The summed E-state index contributed by atoms with van der Waals surface area (Å²) in [5, 5.41) is 9.46. The number of aryl methyl sites for hydroxylation is 1. The second kappa shape index (κ2) is 4.65. The lowest BCUT2D eigenvalue weighted by atomic mass is 10.1. The van der Waals surface area contributed by atoms with Gasteiger partial charge >= 0.3 is 0 Å². The smallest absolute Gasteiger partial charge is 0.263 e. The topological polar surface area (TPSA) is 80.9 Å². The number of hydrogen-bond donors (Lipinski definition) is 2. The highest BCUT2D eigenvalue weighted by Crippen LogP contribution is 2.20. The summed E-state index contributed by atoms with van der Waals surface area (Å²) in [7, 11) is 0. The summed E-state index contributed by atoms with van der Waals surface area (Å²) >= 11 is 0.905. The van der Waals surface area contributed by atoms with Crippen LogP contribution in [0.4, 0.5) is 19.0 Å². The maximum atomic E-state index is 13.7. The van der Waals surface area contributed by atoms with Gasteiger partial charge in [-0.25, -0.2) is 8.78 Å². The molecule has 94 valence electrons. The zero-order valence-electron chi connectivity index (χ0n) is 9.20. The van der Waals surface area contributed by atoms with Crippen molar-refractivity contribution in [2.24, 2.45) is 0 Å². The summed E-state index contributed by atoms with van der Waals surface area (Å²) in [6, 6.07) is 2.28. The normalized spacial score (nSPS) is 10.4. The fourth-order valence-electron chi connectivity index (χ4n) is 1.31. The molecule has 1 aromatic heterocycles. The monoisotopic (exact) mass is 270 g/mol. The van der Waals surface area contributed by atoms with Crippen LogP contribution in [0.2, 0.25) is 0 Å². The summed E-state index contributed by atoms with van der Waals surface area (Å²) in [5.41, 5.74) is 4.85. The number of amides is 1. The molecule has 8 heteroatoms. The van der Waals surface area contributed by atoms with E-state index in [0.717, 1.165) is 17.4 Å². The number of nitrogen functional groups attached to an aromatic ring is 1. The van der Waals surface area contributed by atoms with Gasteiger partial charge in [-0.2, -0.15) is 0 Å². The third-order valence-electron chi connectivity index (χ3n) is 2.17. The van der Waals surface area contributed by atoms with E-state index >= 15 is 0 Å². The van der Waals surface area contributed by atoms with Gasteiger partial charge in [0, 0.05) is 0 Å². The van der Waals surface area contributed by atoms with Gasteiger partial charge in [0.05, 0.1) is 0 Å². The quantitative estimate of drug-likeness (QED) is 0.874. The van der Waals surface area contributed by atoms with Gasteiger partial charge in [-0.3, -0.25) is 10.1 Å². The van der Waals surface area contributed by atoms with E-state index in [9.17, 15) is 13.6 Å². The summed E-state index contributed by atoms with van der Waals surface area (Å²) in [4.78, 5) is 11.7. The Morgan fingerprint density at radius 1 is 1.39 bits per heavy atom. The number of hydrogen-bond acceptors (Lipinski definition) is 5. The van der Waals surface area contributed by atoms with E-state index in [0.29, 0.717) is 0 Å². The maximum absolute atomic E-state index is 13.7. The molecule has 18 heavy (non-hydrogen) atoms. The van der Waals surface area contributed by atoms with E-state index in [4.69, 9.17) is 5.73 Å². The maximum Gasteiger partial charge on any atom is 0.263 e. The van der Waals surface area contributed by atoms with Gasteiger partial charge < -0.3 is 5.73 Å². The molecule has 1 heterocycles. The van der Waals surface area contributed by atoms with E-state index in [1.165, 1.54) is 13.0 Å². The average Bonchev–Trinajstić information content (AvgIpc) is 2.70. The Bertz CT molecular complexity index is 614. The number of carbonyl (C=O) groups is 1. The third kappa shape index (κ3) is 2.28. The molecular weight excluding hydrogens is 262 g/mol. The molecule has 0 aliphatic carbocycles. The molecular formula is C10H8F2N4OS. The molecule has 5 nitrogen and oxygen atoms in total. The van der Waals surface area contributed by atoms with Gasteiger partial charge in [0.25, 0.3) is 5.91 Å². The van der Waals surface area contributed by atoms with Gasteiger partial charge in [-0.15, -0.1) is 10.2 Å². The Kier molecular flexibility index (Phi) is 3.19. The number of benzene rings is 1. The van der Waals surface area contributed by atoms with Crippen molar-refractivity contribution in [1.29, 1.82) is 0 Å². The molecule has 0 unspecified atom stereocenters. The largest absolute Gasteiger partial charge is 0.374 e. The lowest BCUT2D eigenvalue weighted by Gasteiger charge is -2.06. The molecule has 1 aromatic carbocycles. The summed E-state index contributed by atoms with van der Waals surface area (Å²) in [5.74, 6) is -2.76. The Morgan fingerprint density at radius 3 is 2.72 bits per heavy atom. The van der Waals surface area contributed by atoms with Gasteiger partial charge in [-0.05, 0) is 18.6 Å². The molecule has 0 saturated carbocycles. The fourth-order valence-corrected chi connectivity index (χ4v) is 1.81. The highest BCUT2D eigenvalue weighted by atomic mass is 32.1. The molecule has 2 rings (SSSR count). The SMILES string of the molecule is Cc1ccc(F)c(C(=O)Nc2nnc(N)s2)c1F. The van der Waals surface area contributed by atoms with Gasteiger partial charge in [0.2, 0.25) is 10.3 Å². The molecule has 0 aliphatic heterocycles. The molecule has 0 bridgehead atoms. The number of aromatic nitrogens is 2. The molecule has 0 radical (unpaired) electrons. The Balaban J connectivity index is 2.32. The zero-order chi connectivity index (χ0) is 13.3. The van der Waals surface area contributed by atoms with Crippen LogP contribution in [0.3, 0.4) is 0 Å². The first-order valence-corrected chi connectivity index (χ1v) is 5.65. The van der Waals surface area contributed by atoms with Crippen molar-refractivity contribution in [3.63, 3.8) is 0 Å². The average molecular weight is 270 g/mol. The second-order valence-electron chi connectivity index (χ2n) is 3.45. The number of nitrogens with one attached hydrogen (secondary N) is 1. The summed E-state index contributed by atoms with van der Waals surface area (Å²) in [6.45, 7) is 1.44. The number of nitrogens with zero attached hydrogens (tertiary/aromatic N) is 2. The van der Waals surface area contributed by atoms with Crippen LogP contribution in [-0.2, 0) is 0 Å². The highest BCUT2D eigenvalue weighted by Gasteiger charge is 2.20. The molecule has 0 spiro atoms. The first-order chi connectivity index (χ1) is 8.49. The van der Waals surface area contributed by atoms with E-state index in [2.05, 4.69) is 15.5 Å². The van der Waals surface area contributed by atoms with E-state index in [-0.39, 0.29) is 15.8 Å². The van der Waals surface area contributed by atoms with Crippen LogP contribution in [0.15, 0.2) is 12.1 Å². The van der Waals surface area contributed by atoms with E-state index in [1.54, 1.807) is 0 Å². The fraction of sp³-hybridized carbons (Fsp3) is 0.100. The first-order valence-electron chi connectivity index (χ1n) is 4.84. The molecule has 0 atom stereocenters. The molecule has 0 aliphatic rings. The Morgan fingerprint density at radius 2 is 2.11 bits per heavy atom. The standard InChI is InChI=1S/C10H8F2N4OS/c1-4-2-3-5(11)6(7(4)12)8(17)14-10-16-15-9(13)18-10/h2-3H,1H3,(H2,13,15)(H,14,16,17). The first kappa shape index (κ1) is 12.4. The van der Waals surface area contributed by atoms with E-state index < -0.39 is 23.1 Å². The molecule has 1 amide bonds. The highest BCUT2D eigenvalue weighted by molar-refractivity contribution is 7.19. The van der Waals surface area contributed by atoms with Crippen LogP contribution in [-0.4, -0.2) is 16.1 Å². The van der Waals surface area contributed by atoms with Gasteiger partial charge in [0.15, 0.2) is 0 Å². The summed E-state index contributed by atoms with van der Waals surface area (Å²) < 4.78 is 27.1. The number of rotatable bonds is 2. The van der Waals surface area contributed by atoms with Crippen LogP contribution in [0.25, 0.3) is 0 Å². The minimum Gasteiger partial charge on any atom is -0.374 e. The number of carbonyl (C=O) groups excluding carboxylic acids is 1. The molecule has 3 N–H and O–H groups in total. The van der Waals surface area contributed by atoms with Crippen LogP contribution in [0.5, 0.6) is 0 Å². The second-order valence-corrected chi connectivity index (χ2v) is 4.46. The van der Waals surface area contributed by atoms with Crippen molar-refractivity contribution in [3.05, 3.63) is 34.9 Å². The predicted molar refractivity (Wildman–Crippen MR) is 63.4 cm³/mol. The van der Waals surface area contributed by atoms with Gasteiger partial charge in [0.1, 0.15) is 17.2 Å². The van der Waals surface area contributed by atoms with Crippen molar-refractivity contribution < 1.29 is 13.6 Å². The molecule has 0 saturated heterocycles. The molecule has 0 fully saturated rings. The van der Waals surface area contributed by atoms with Crippen molar-refractivity contribution in [1.82, 2.24) is 10.2 Å². The van der Waals surface area contributed by atoms with Crippen LogP contribution in [0.1, 0.15) is 15.9 Å². The Labute approximate surface area is 105 Å². The lowest BCUT2D eigenvalue weighted by Crippen LogP contribution is -2.16. The van der Waals surface area contributed by atoms with Crippen LogP contribution in [0, 0.1) is 18.6 Å². The zero-order valence-corrected chi connectivity index (χ0v) is 10.0. The van der Waals surface area contributed by atoms with Crippen molar-refractivity contribution in [2.45, 2.75) is 6.92 Å². The number of nitrogens with two attached hydrogens (primary N) is 1. The lowest BCUT2D eigenvalue weighted by molar-refractivity contribution is 0.101. The van der Waals surface area contributed by atoms with E-state index in [1.807, 2.05) is 0 Å². The molecule has 2 aromatic rings.